The maximum atomic E-state index is 6.72. The zero-order chi connectivity index (χ0) is 36.7. The van der Waals surface area contributed by atoms with E-state index in [1.54, 1.807) is 0 Å². The number of hydrogen-bond donors (Lipinski definition) is 0. The first-order valence-corrected chi connectivity index (χ1v) is 19.0. The minimum absolute atomic E-state index is 0.858. The Morgan fingerprint density at radius 1 is 0.375 bits per heavy atom. The van der Waals surface area contributed by atoms with Crippen LogP contribution in [-0.2, 0) is 0 Å². The van der Waals surface area contributed by atoms with E-state index in [-0.39, 0.29) is 0 Å². The predicted octanol–water partition coefficient (Wildman–Crippen LogP) is 14.9. The first-order chi connectivity index (χ1) is 27.8. The molecule has 0 saturated heterocycles. The minimum Gasteiger partial charge on any atom is -0.456 e. The first kappa shape index (κ1) is 30.9. The van der Waals surface area contributed by atoms with Crippen LogP contribution >= 0.6 is 0 Å². The molecule has 0 bridgehead atoms. The van der Waals surface area contributed by atoms with Crippen LogP contribution in [0.15, 0.2) is 203 Å². The van der Waals surface area contributed by atoms with Crippen LogP contribution in [0.5, 0.6) is 0 Å². The summed E-state index contributed by atoms with van der Waals surface area (Å²) < 4.78 is 15.5. The van der Waals surface area contributed by atoms with Crippen LogP contribution in [-0.4, -0.2) is 4.57 Å². The molecular formula is C52H32N2O2. The quantitative estimate of drug-likeness (QED) is 0.178. The monoisotopic (exact) mass is 716 g/mol. The highest BCUT2D eigenvalue weighted by atomic mass is 16.3. The Balaban J connectivity index is 1.02. The van der Waals surface area contributed by atoms with Crippen molar-refractivity contribution in [3.63, 3.8) is 0 Å². The Labute approximate surface area is 321 Å². The Morgan fingerprint density at radius 2 is 0.964 bits per heavy atom. The smallest absolute Gasteiger partial charge is 0.143 e. The largest absolute Gasteiger partial charge is 0.456 e. The molecule has 262 valence electrons. The number of nitrogens with zero attached hydrogens (tertiary/aromatic N) is 2. The summed E-state index contributed by atoms with van der Waals surface area (Å²) in [5, 5.41) is 9.22. The molecule has 0 N–H and O–H groups in total. The molecule has 0 saturated carbocycles. The fourth-order valence-corrected chi connectivity index (χ4v) is 8.86. The summed E-state index contributed by atoms with van der Waals surface area (Å²) in [4.78, 5) is 2.34. The zero-order valence-corrected chi connectivity index (χ0v) is 30.2. The molecule has 56 heavy (non-hydrogen) atoms. The van der Waals surface area contributed by atoms with Gasteiger partial charge in [0.15, 0.2) is 0 Å². The molecule has 4 heteroatoms. The molecule has 12 aromatic rings. The van der Waals surface area contributed by atoms with Gasteiger partial charge in [-0.15, -0.1) is 0 Å². The SMILES string of the molecule is c1ccc2c(c1)ccc1c3cccc(-c4ccc(N(c5ccc(-n6c7ccccc7c7ccccc76)cc5)c5cccc6oc7ccccc7c56)cc4)c3oc21. The molecule has 0 amide bonds. The van der Waals surface area contributed by atoms with Crippen molar-refractivity contribution in [3.05, 3.63) is 194 Å². The summed E-state index contributed by atoms with van der Waals surface area (Å²) in [6, 6.07) is 68.9. The lowest BCUT2D eigenvalue weighted by atomic mass is 10.0. The van der Waals surface area contributed by atoms with Gasteiger partial charge >= 0.3 is 0 Å². The number of rotatable bonds is 5. The van der Waals surface area contributed by atoms with Gasteiger partial charge in [-0.2, -0.15) is 0 Å². The van der Waals surface area contributed by atoms with Crippen molar-refractivity contribution >= 4 is 93.5 Å². The second-order valence-electron chi connectivity index (χ2n) is 14.5. The number of fused-ring (bicyclic) bond motifs is 11. The van der Waals surface area contributed by atoms with Gasteiger partial charge in [0.1, 0.15) is 22.3 Å². The van der Waals surface area contributed by atoms with Gasteiger partial charge in [0.2, 0.25) is 0 Å². The predicted molar refractivity (Wildman–Crippen MR) is 233 cm³/mol. The van der Waals surface area contributed by atoms with Crippen molar-refractivity contribution in [1.29, 1.82) is 0 Å². The van der Waals surface area contributed by atoms with E-state index in [1.165, 1.54) is 27.2 Å². The highest BCUT2D eigenvalue weighted by Crippen LogP contribution is 2.45. The average molecular weight is 717 g/mol. The minimum atomic E-state index is 0.858. The van der Waals surface area contributed by atoms with Crippen molar-refractivity contribution in [2.24, 2.45) is 0 Å². The molecule has 0 fully saturated rings. The summed E-state index contributed by atoms with van der Waals surface area (Å²) >= 11 is 0. The van der Waals surface area contributed by atoms with E-state index in [9.17, 15) is 0 Å². The molecule has 0 aliphatic heterocycles. The van der Waals surface area contributed by atoms with E-state index in [4.69, 9.17) is 8.83 Å². The molecule has 9 aromatic carbocycles. The number of hydrogen-bond acceptors (Lipinski definition) is 3. The van der Waals surface area contributed by atoms with Gasteiger partial charge in [-0.05, 0) is 83.7 Å². The number of aromatic nitrogens is 1. The van der Waals surface area contributed by atoms with Crippen molar-refractivity contribution < 1.29 is 8.83 Å². The number of furan rings is 2. The molecule has 0 atom stereocenters. The highest BCUT2D eigenvalue weighted by molar-refractivity contribution is 6.17. The number of para-hydroxylation sites is 4. The van der Waals surface area contributed by atoms with Crippen LogP contribution in [0.2, 0.25) is 0 Å². The summed E-state index contributed by atoms with van der Waals surface area (Å²) in [7, 11) is 0. The van der Waals surface area contributed by atoms with Gasteiger partial charge in [0.25, 0.3) is 0 Å². The van der Waals surface area contributed by atoms with E-state index < -0.39 is 0 Å². The van der Waals surface area contributed by atoms with E-state index >= 15 is 0 Å². The fourth-order valence-electron chi connectivity index (χ4n) is 8.86. The van der Waals surface area contributed by atoms with Crippen molar-refractivity contribution in [1.82, 2.24) is 4.57 Å². The lowest BCUT2D eigenvalue weighted by Gasteiger charge is -2.27. The second-order valence-corrected chi connectivity index (χ2v) is 14.5. The number of benzene rings is 9. The Bertz CT molecular complexity index is 3420. The lowest BCUT2D eigenvalue weighted by Crippen LogP contribution is -2.10. The van der Waals surface area contributed by atoms with Crippen LogP contribution in [0.1, 0.15) is 0 Å². The van der Waals surface area contributed by atoms with E-state index in [0.717, 1.165) is 83.1 Å². The highest BCUT2D eigenvalue weighted by Gasteiger charge is 2.21. The van der Waals surface area contributed by atoms with Crippen LogP contribution in [0.3, 0.4) is 0 Å². The van der Waals surface area contributed by atoms with E-state index in [1.807, 2.05) is 12.1 Å². The molecular weight excluding hydrogens is 685 g/mol. The third-order valence-corrected chi connectivity index (χ3v) is 11.4. The fraction of sp³-hybridized carbons (Fsp3) is 0. The standard InChI is InChI=1S/C52H32N2O2/c1-2-12-38-33(11-1)25-32-43-42-17-9-16-39(51(42)56-52(38)43)34-23-26-35(27-24-34)53(47-20-10-22-49-50(47)44-15-5-8-21-48(44)55-49)36-28-30-37(31-29-36)54-45-18-6-3-13-40(45)41-14-4-7-19-46(41)54/h1-32H. The van der Waals surface area contributed by atoms with Gasteiger partial charge in [-0.3, -0.25) is 0 Å². The Hall–Kier alpha value is -7.56. The topological polar surface area (TPSA) is 34.5 Å². The summed E-state index contributed by atoms with van der Waals surface area (Å²) in [5.74, 6) is 0. The zero-order valence-electron chi connectivity index (χ0n) is 30.2. The van der Waals surface area contributed by atoms with Gasteiger partial charge in [0, 0.05) is 54.9 Å². The van der Waals surface area contributed by atoms with Crippen LogP contribution in [0, 0.1) is 0 Å². The molecule has 4 nitrogen and oxygen atoms in total. The first-order valence-electron chi connectivity index (χ1n) is 19.0. The van der Waals surface area contributed by atoms with Crippen LogP contribution < -0.4 is 4.90 Å². The summed E-state index contributed by atoms with van der Waals surface area (Å²) in [6.07, 6.45) is 0. The second kappa shape index (κ2) is 12.0. The van der Waals surface area contributed by atoms with E-state index in [2.05, 4.69) is 191 Å². The normalized spacial score (nSPS) is 11.9. The summed E-state index contributed by atoms with van der Waals surface area (Å²) in [6.45, 7) is 0. The molecule has 0 radical (unpaired) electrons. The molecule has 0 unspecified atom stereocenters. The van der Waals surface area contributed by atoms with Gasteiger partial charge in [-0.25, -0.2) is 0 Å². The van der Waals surface area contributed by atoms with Crippen molar-refractivity contribution in [2.75, 3.05) is 4.90 Å². The van der Waals surface area contributed by atoms with Crippen molar-refractivity contribution in [2.45, 2.75) is 0 Å². The van der Waals surface area contributed by atoms with E-state index in [0.29, 0.717) is 0 Å². The Kier molecular flexibility index (Phi) is 6.60. The molecule has 3 heterocycles. The van der Waals surface area contributed by atoms with Crippen LogP contribution in [0.25, 0.3) is 93.3 Å². The van der Waals surface area contributed by atoms with Gasteiger partial charge in [0.05, 0.1) is 22.1 Å². The maximum absolute atomic E-state index is 6.72. The molecule has 3 aromatic heterocycles. The Morgan fingerprint density at radius 3 is 1.73 bits per heavy atom. The summed E-state index contributed by atoms with van der Waals surface area (Å²) in [5.41, 5.74) is 12.4. The lowest BCUT2D eigenvalue weighted by molar-refractivity contribution is 0.669. The van der Waals surface area contributed by atoms with Crippen LogP contribution in [0.4, 0.5) is 17.1 Å². The maximum Gasteiger partial charge on any atom is 0.143 e. The molecule has 0 spiro atoms. The van der Waals surface area contributed by atoms with Gasteiger partial charge < -0.3 is 18.3 Å². The third kappa shape index (κ3) is 4.53. The molecule has 0 aliphatic rings. The average Bonchev–Trinajstić information content (AvgIpc) is 3.95. The van der Waals surface area contributed by atoms with Gasteiger partial charge in [-0.1, -0.05) is 121 Å². The number of anilines is 3. The van der Waals surface area contributed by atoms with Crippen molar-refractivity contribution in [3.8, 4) is 16.8 Å². The molecule has 12 rings (SSSR count). The third-order valence-electron chi connectivity index (χ3n) is 11.4. The molecule has 0 aliphatic carbocycles.